The average Bonchev–Trinajstić information content (AvgIpc) is 2.53. The zero-order valence-electron chi connectivity index (χ0n) is 11.7. The fraction of sp³-hybridized carbons (Fsp3) is 0.467. The molecular formula is C15H18N2O4. The van der Waals surface area contributed by atoms with E-state index >= 15 is 0 Å². The SMILES string of the molecule is O=C1CO[C@@H]2CN(C(=O)OCc3ccccc3)CC[C@@H]2N1. The first kappa shape index (κ1) is 13.9. The molecule has 2 atom stereocenters. The molecule has 2 saturated heterocycles. The molecule has 2 heterocycles. The summed E-state index contributed by atoms with van der Waals surface area (Å²) in [7, 11) is 0. The molecule has 6 heteroatoms. The van der Waals surface area contributed by atoms with E-state index in [1.807, 2.05) is 30.3 Å². The molecule has 1 aromatic carbocycles. The lowest BCUT2D eigenvalue weighted by Gasteiger charge is -2.40. The van der Waals surface area contributed by atoms with Crippen LogP contribution in [0.2, 0.25) is 0 Å². The third kappa shape index (κ3) is 3.33. The van der Waals surface area contributed by atoms with Gasteiger partial charge in [-0.15, -0.1) is 0 Å². The zero-order chi connectivity index (χ0) is 14.7. The molecule has 0 bridgehead atoms. The molecule has 0 aromatic heterocycles. The van der Waals surface area contributed by atoms with Crippen LogP contribution in [0, 0.1) is 0 Å². The highest BCUT2D eigenvalue weighted by molar-refractivity contribution is 5.78. The van der Waals surface area contributed by atoms with E-state index in [1.165, 1.54) is 0 Å². The molecular weight excluding hydrogens is 272 g/mol. The quantitative estimate of drug-likeness (QED) is 0.879. The summed E-state index contributed by atoms with van der Waals surface area (Å²) in [6.07, 6.45) is 0.218. The number of carbonyl (C=O) groups excluding carboxylic acids is 2. The lowest BCUT2D eigenvalue weighted by atomic mass is 10.0. The second-order valence-electron chi connectivity index (χ2n) is 5.30. The molecule has 6 nitrogen and oxygen atoms in total. The number of nitrogens with one attached hydrogen (secondary N) is 1. The molecule has 0 radical (unpaired) electrons. The Labute approximate surface area is 123 Å². The van der Waals surface area contributed by atoms with Crippen LogP contribution < -0.4 is 5.32 Å². The van der Waals surface area contributed by atoms with Crippen molar-refractivity contribution in [2.75, 3.05) is 19.7 Å². The van der Waals surface area contributed by atoms with E-state index in [4.69, 9.17) is 9.47 Å². The second-order valence-corrected chi connectivity index (χ2v) is 5.30. The Morgan fingerprint density at radius 3 is 3.00 bits per heavy atom. The number of ether oxygens (including phenoxy) is 2. The number of fused-ring (bicyclic) bond motifs is 1. The molecule has 2 aliphatic heterocycles. The Balaban J connectivity index is 1.51. The number of hydrogen-bond acceptors (Lipinski definition) is 4. The highest BCUT2D eigenvalue weighted by Crippen LogP contribution is 2.18. The fourth-order valence-electron chi connectivity index (χ4n) is 2.66. The van der Waals surface area contributed by atoms with Gasteiger partial charge in [-0.1, -0.05) is 30.3 Å². The van der Waals surface area contributed by atoms with E-state index in [9.17, 15) is 9.59 Å². The van der Waals surface area contributed by atoms with Crippen LogP contribution in [0.4, 0.5) is 4.79 Å². The van der Waals surface area contributed by atoms with E-state index in [1.54, 1.807) is 4.90 Å². The predicted octanol–water partition coefficient (Wildman–Crippen LogP) is 0.913. The summed E-state index contributed by atoms with van der Waals surface area (Å²) in [4.78, 5) is 25.0. The Hall–Kier alpha value is -2.08. The van der Waals surface area contributed by atoms with E-state index < -0.39 is 0 Å². The molecule has 2 aliphatic rings. The standard InChI is InChI=1S/C15H18N2O4/c18-14-10-20-13-8-17(7-6-12(13)16-14)15(19)21-9-11-4-2-1-3-5-11/h1-5,12-13H,6-10H2,(H,16,18)/t12-,13+/m0/s1. The minimum atomic E-state index is -0.335. The van der Waals surface area contributed by atoms with E-state index in [-0.39, 0.29) is 37.4 Å². The van der Waals surface area contributed by atoms with Gasteiger partial charge in [-0.2, -0.15) is 0 Å². The van der Waals surface area contributed by atoms with Crippen LogP contribution in [0.1, 0.15) is 12.0 Å². The summed E-state index contributed by atoms with van der Waals surface area (Å²) in [6, 6.07) is 9.58. The van der Waals surface area contributed by atoms with Gasteiger partial charge in [-0.05, 0) is 12.0 Å². The third-order valence-electron chi connectivity index (χ3n) is 3.80. The van der Waals surface area contributed by atoms with Gasteiger partial charge in [0.2, 0.25) is 5.91 Å². The zero-order valence-corrected chi connectivity index (χ0v) is 11.7. The first-order valence-corrected chi connectivity index (χ1v) is 7.09. The Morgan fingerprint density at radius 1 is 1.38 bits per heavy atom. The molecule has 0 saturated carbocycles. The number of likely N-dealkylation sites (tertiary alicyclic amines) is 1. The van der Waals surface area contributed by atoms with Crippen LogP contribution in [0.15, 0.2) is 30.3 Å². The van der Waals surface area contributed by atoms with Crippen molar-refractivity contribution in [3.63, 3.8) is 0 Å². The van der Waals surface area contributed by atoms with Crippen molar-refractivity contribution in [3.8, 4) is 0 Å². The topological polar surface area (TPSA) is 67.9 Å². The number of amides is 2. The summed E-state index contributed by atoms with van der Waals surface area (Å²) in [5.74, 6) is -0.0867. The maximum atomic E-state index is 12.1. The molecule has 0 aliphatic carbocycles. The van der Waals surface area contributed by atoms with Crippen molar-refractivity contribution in [3.05, 3.63) is 35.9 Å². The smallest absolute Gasteiger partial charge is 0.410 e. The fourth-order valence-corrected chi connectivity index (χ4v) is 2.66. The first-order valence-electron chi connectivity index (χ1n) is 7.09. The summed E-state index contributed by atoms with van der Waals surface area (Å²) in [5.41, 5.74) is 0.960. The minimum Gasteiger partial charge on any atom is -0.445 e. The van der Waals surface area contributed by atoms with Crippen molar-refractivity contribution >= 4 is 12.0 Å². The van der Waals surface area contributed by atoms with Crippen LogP contribution in [0.5, 0.6) is 0 Å². The lowest BCUT2D eigenvalue weighted by molar-refractivity contribution is -0.140. The molecule has 2 fully saturated rings. The third-order valence-corrected chi connectivity index (χ3v) is 3.80. The summed E-state index contributed by atoms with van der Waals surface area (Å²) in [6.45, 7) is 1.35. The summed E-state index contributed by atoms with van der Waals surface area (Å²) in [5, 5.41) is 2.89. The summed E-state index contributed by atoms with van der Waals surface area (Å²) >= 11 is 0. The van der Waals surface area contributed by atoms with Gasteiger partial charge in [0.05, 0.1) is 18.7 Å². The number of hydrogen-bond donors (Lipinski definition) is 1. The van der Waals surface area contributed by atoms with Crippen LogP contribution in [-0.4, -0.2) is 48.7 Å². The van der Waals surface area contributed by atoms with Crippen molar-refractivity contribution in [1.82, 2.24) is 10.2 Å². The summed E-state index contributed by atoms with van der Waals surface area (Å²) < 4.78 is 10.8. The van der Waals surface area contributed by atoms with Gasteiger partial charge in [-0.3, -0.25) is 4.79 Å². The minimum absolute atomic E-state index is 0.00410. The van der Waals surface area contributed by atoms with Crippen LogP contribution in [-0.2, 0) is 20.9 Å². The lowest BCUT2D eigenvalue weighted by Crippen LogP contribution is -2.60. The van der Waals surface area contributed by atoms with Gasteiger partial charge in [0.15, 0.2) is 0 Å². The van der Waals surface area contributed by atoms with Gasteiger partial charge < -0.3 is 19.7 Å². The first-order chi connectivity index (χ1) is 10.2. The van der Waals surface area contributed by atoms with Crippen molar-refractivity contribution in [2.45, 2.75) is 25.2 Å². The Bertz CT molecular complexity index is 520. The maximum Gasteiger partial charge on any atom is 0.410 e. The highest BCUT2D eigenvalue weighted by Gasteiger charge is 2.36. The highest BCUT2D eigenvalue weighted by atomic mass is 16.6. The predicted molar refractivity (Wildman–Crippen MR) is 74.5 cm³/mol. The van der Waals surface area contributed by atoms with E-state index in [2.05, 4.69) is 5.32 Å². The number of piperidine rings is 1. The molecule has 1 N–H and O–H groups in total. The molecule has 112 valence electrons. The van der Waals surface area contributed by atoms with Crippen molar-refractivity contribution in [2.24, 2.45) is 0 Å². The molecule has 3 rings (SSSR count). The van der Waals surface area contributed by atoms with Crippen LogP contribution in [0.25, 0.3) is 0 Å². The molecule has 0 unspecified atom stereocenters. The normalized spacial score (nSPS) is 25.0. The van der Waals surface area contributed by atoms with Gasteiger partial charge in [-0.25, -0.2) is 4.79 Å². The number of benzene rings is 1. The number of nitrogens with zero attached hydrogens (tertiary/aromatic N) is 1. The molecule has 2 amide bonds. The molecule has 1 aromatic rings. The Kier molecular flexibility index (Phi) is 4.06. The van der Waals surface area contributed by atoms with Crippen LogP contribution in [0.3, 0.4) is 0 Å². The monoisotopic (exact) mass is 290 g/mol. The Morgan fingerprint density at radius 2 is 2.19 bits per heavy atom. The number of rotatable bonds is 2. The van der Waals surface area contributed by atoms with Gasteiger partial charge in [0, 0.05) is 6.54 Å². The maximum absolute atomic E-state index is 12.1. The van der Waals surface area contributed by atoms with Gasteiger partial charge in [0.25, 0.3) is 0 Å². The van der Waals surface area contributed by atoms with E-state index in [0.29, 0.717) is 19.5 Å². The largest absolute Gasteiger partial charge is 0.445 e. The molecule has 0 spiro atoms. The number of morpholine rings is 1. The van der Waals surface area contributed by atoms with Crippen molar-refractivity contribution in [1.29, 1.82) is 0 Å². The van der Waals surface area contributed by atoms with Crippen LogP contribution >= 0.6 is 0 Å². The van der Waals surface area contributed by atoms with Crippen molar-refractivity contribution < 1.29 is 19.1 Å². The second kappa shape index (κ2) is 6.13. The van der Waals surface area contributed by atoms with Gasteiger partial charge >= 0.3 is 6.09 Å². The van der Waals surface area contributed by atoms with E-state index in [0.717, 1.165) is 5.56 Å². The molecule has 21 heavy (non-hydrogen) atoms. The van der Waals surface area contributed by atoms with Gasteiger partial charge in [0.1, 0.15) is 13.2 Å². The average molecular weight is 290 g/mol. The number of carbonyl (C=O) groups is 2.